The van der Waals surface area contributed by atoms with E-state index in [0.717, 1.165) is 21.8 Å². The molecule has 4 aromatic rings. The highest BCUT2D eigenvalue weighted by molar-refractivity contribution is 7.99. The van der Waals surface area contributed by atoms with Crippen molar-refractivity contribution in [3.63, 3.8) is 0 Å². The fraction of sp³-hybridized carbons (Fsp3) is 0.0870. The molecule has 5 nitrogen and oxygen atoms in total. The van der Waals surface area contributed by atoms with Crippen LogP contribution in [0.1, 0.15) is 11.1 Å². The molecule has 0 saturated heterocycles. The van der Waals surface area contributed by atoms with Crippen LogP contribution in [-0.2, 0) is 11.3 Å². The summed E-state index contributed by atoms with van der Waals surface area (Å²) in [6.45, 7) is 0.693. The molecule has 30 heavy (non-hydrogen) atoms. The number of aromatic nitrogens is 2. The van der Waals surface area contributed by atoms with E-state index < -0.39 is 0 Å². The quantitative estimate of drug-likeness (QED) is 0.253. The van der Waals surface area contributed by atoms with Crippen LogP contribution in [0.25, 0.3) is 11.0 Å². The number of halogens is 1. The third-order valence-corrected chi connectivity index (χ3v) is 5.60. The first-order valence-electron chi connectivity index (χ1n) is 9.38. The molecule has 7 heteroatoms. The number of carbonyl (C=O) groups excluding carboxylic acids is 1. The van der Waals surface area contributed by atoms with Crippen molar-refractivity contribution in [2.75, 3.05) is 5.75 Å². The zero-order valence-corrected chi connectivity index (χ0v) is 17.6. The lowest BCUT2D eigenvalue weighted by molar-refractivity contribution is -0.118. The van der Waals surface area contributed by atoms with E-state index >= 15 is 0 Å². The Morgan fingerprint density at radius 1 is 1.07 bits per heavy atom. The number of nitrogens with one attached hydrogen (secondary N) is 1. The maximum absolute atomic E-state index is 12.2. The van der Waals surface area contributed by atoms with Crippen LogP contribution >= 0.6 is 23.4 Å². The topological polar surface area (TPSA) is 59.3 Å². The van der Waals surface area contributed by atoms with Crippen molar-refractivity contribution in [3.8, 4) is 0 Å². The number of carbonyl (C=O) groups is 1. The molecule has 0 aliphatic carbocycles. The van der Waals surface area contributed by atoms with Crippen molar-refractivity contribution in [3.05, 3.63) is 95.0 Å². The molecule has 3 aromatic carbocycles. The Morgan fingerprint density at radius 2 is 1.87 bits per heavy atom. The molecule has 0 bridgehead atoms. The van der Waals surface area contributed by atoms with Gasteiger partial charge in [0.05, 0.1) is 29.5 Å². The first-order chi connectivity index (χ1) is 14.7. The molecule has 0 aliphatic heterocycles. The van der Waals surface area contributed by atoms with Gasteiger partial charge in [-0.25, -0.2) is 10.4 Å². The van der Waals surface area contributed by atoms with Crippen molar-refractivity contribution < 1.29 is 4.79 Å². The summed E-state index contributed by atoms with van der Waals surface area (Å²) in [6, 6.07) is 25.5. The van der Waals surface area contributed by atoms with Crippen molar-refractivity contribution in [2.45, 2.75) is 11.7 Å². The van der Waals surface area contributed by atoms with Crippen LogP contribution in [-0.4, -0.2) is 27.4 Å². The van der Waals surface area contributed by atoms with Gasteiger partial charge >= 0.3 is 0 Å². The SMILES string of the molecule is O=C(CSc1nc2ccccc2n1Cc1ccccc1)N/N=C/c1cccc(Cl)c1. The number of hydrogen-bond donors (Lipinski definition) is 1. The van der Waals surface area contributed by atoms with Crippen molar-refractivity contribution in [2.24, 2.45) is 5.10 Å². The summed E-state index contributed by atoms with van der Waals surface area (Å²) < 4.78 is 2.14. The predicted molar refractivity (Wildman–Crippen MR) is 123 cm³/mol. The van der Waals surface area contributed by atoms with Gasteiger partial charge in [0, 0.05) is 5.02 Å². The van der Waals surface area contributed by atoms with Gasteiger partial charge in [0.25, 0.3) is 5.91 Å². The lowest BCUT2D eigenvalue weighted by Gasteiger charge is -2.09. The first-order valence-corrected chi connectivity index (χ1v) is 10.7. The summed E-state index contributed by atoms with van der Waals surface area (Å²) in [7, 11) is 0. The molecular weight excluding hydrogens is 416 g/mol. The normalized spacial score (nSPS) is 11.2. The first kappa shape index (κ1) is 20.2. The molecule has 0 fully saturated rings. The van der Waals surface area contributed by atoms with E-state index in [0.29, 0.717) is 11.6 Å². The monoisotopic (exact) mass is 434 g/mol. The highest BCUT2D eigenvalue weighted by atomic mass is 35.5. The van der Waals surface area contributed by atoms with E-state index in [-0.39, 0.29) is 11.7 Å². The minimum atomic E-state index is -0.198. The van der Waals surface area contributed by atoms with E-state index in [2.05, 4.69) is 27.2 Å². The second-order valence-corrected chi connectivity index (χ2v) is 7.97. The molecule has 0 unspecified atom stereocenters. The van der Waals surface area contributed by atoms with Gasteiger partial charge in [-0.2, -0.15) is 5.10 Å². The molecular formula is C23H19ClN4OS. The summed E-state index contributed by atoms with van der Waals surface area (Å²) in [5, 5.41) is 5.43. The Labute approximate surface area is 183 Å². The largest absolute Gasteiger partial charge is 0.314 e. The van der Waals surface area contributed by atoms with Crippen LogP contribution in [0, 0.1) is 0 Å². The molecule has 0 saturated carbocycles. The molecule has 1 aromatic heterocycles. The van der Waals surface area contributed by atoms with E-state index in [1.165, 1.54) is 17.3 Å². The van der Waals surface area contributed by atoms with Gasteiger partial charge in [0.1, 0.15) is 0 Å². The van der Waals surface area contributed by atoms with Crippen molar-refractivity contribution in [1.82, 2.24) is 15.0 Å². The number of fused-ring (bicyclic) bond motifs is 1. The van der Waals surface area contributed by atoms with Gasteiger partial charge in [-0.1, -0.05) is 78.0 Å². The summed E-state index contributed by atoms with van der Waals surface area (Å²) in [5.41, 5.74) is 6.51. The molecule has 0 aliphatic rings. The Bertz CT molecular complexity index is 1190. The zero-order chi connectivity index (χ0) is 20.8. The fourth-order valence-corrected chi connectivity index (χ4v) is 4.02. The minimum Gasteiger partial charge on any atom is -0.314 e. The average Bonchev–Trinajstić information content (AvgIpc) is 3.10. The molecule has 1 N–H and O–H groups in total. The van der Waals surface area contributed by atoms with E-state index in [1.54, 1.807) is 18.3 Å². The molecule has 0 spiro atoms. The number of hydrazone groups is 1. The molecule has 150 valence electrons. The Hall–Kier alpha value is -3.09. The molecule has 0 radical (unpaired) electrons. The summed E-state index contributed by atoms with van der Waals surface area (Å²) in [5.74, 6) is 0.0157. The second-order valence-electron chi connectivity index (χ2n) is 6.59. The number of para-hydroxylation sites is 2. The van der Waals surface area contributed by atoms with Crippen molar-refractivity contribution >= 4 is 46.5 Å². The lowest BCUT2D eigenvalue weighted by atomic mass is 10.2. The number of thioether (sulfide) groups is 1. The van der Waals surface area contributed by atoms with E-state index in [4.69, 9.17) is 16.6 Å². The number of hydrogen-bond acceptors (Lipinski definition) is 4. The van der Waals surface area contributed by atoms with Crippen LogP contribution in [0.2, 0.25) is 5.02 Å². The molecule has 4 rings (SSSR count). The number of rotatable bonds is 7. The summed E-state index contributed by atoms with van der Waals surface area (Å²) >= 11 is 7.34. The average molecular weight is 435 g/mol. The third-order valence-electron chi connectivity index (χ3n) is 4.39. The number of imidazole rings is 1. The fourth-order valence-electron chi connectivity index (χ4n) is 3.01. The zero-order valence-electron chi connectivity index (χ0n) is 16.0. The maximum Gasteiger partial charge on any atom is 0.250 e. The Kier molecular flexibility index (Phi) is 6.47. The van der Waals surface area contributed by atoms with Crippen molar-refractivity contribution in [1.29, 1.82) is 0 Å². The second kappa shape index (κ2) is 9.61. The summed E-state index contributed by atoms with van der Waals surface area (Å²) in [4.78, 5) is 17.0. The van der Waals surface area contributed by atoms with E-state index in [1.807, 2.05) is 54.6 Å². The predicted octanol–water partition coefficient (Wildman–Crippen LogP) is 4.98. The molecule has 1 heterocycles. The Balaban J connectivity index is 1.44. The number of benzene rings is 3. The lowest BCUT2D eigenvalue weighted by Crippen LogP contribution is -2.20. The van der Waals surface area contributed by atoms with Gasteiger partial charge in [-0.3, -0.25) is 4.79 Å². The Morgan fingerprint density at radius 3 is 2.70 bits per heavy atom. The number of amides is 1. The van der Waals surface area contributed by atoms with Crippen LogP contribution < -0.4 is 5.43 Å². The van der Waals surface area contributed by atoms with Crippen LogP contribution in [0.3, 0.4) is 0 Å². The minimum absolute atomic E-state index is 0.198. The van der Waals surface area contributed by atoms with Crippen LogP contribution in [0.15, 0.2) is 89.1 Å². The number of nitrogens with zero attached hydrogens (tertiary/aromatic N) is 3. The third kappa shape index (κ3) is 5.09. The highest BCUT2D eigenvalue weighted by Gasteiger charge is 2.13. The van der Waals surface area contributed by atoms with Gasteiger partial charge in [-0.05, 0) is 35.4 Å². The van der Waals surface area contributed by atoms with Gasteiger partial charge in [0.15, 0.2) is 5.16 Å². The smallest absolute Gasteiger partial charge is 0.250 e. The standard InChI is InChI=1S/C23H19ClN4OS/c24-19-10-6-9-18(13-19)14-25-27-22(29)16-30-23-26-20-11-4-5-12-21(20)28(23)15-17-7-2-1-3-8-17/h1-14H,15-16H2,(H,27,29)/b25-14+. The molecule has 1 amide bonds. The van der Waals surface area contributed by atoms with Crippen LogP contribution in [0.4, 0.5) is 0 Å². The van der Waals surface area contributed by atoms with E-state index in [9.17, 15) is 4.79 Å². The maximum atomic E-state index is 12.2. The molecule has 0 atom stereocenters. The van der Waals surface area contributed by atoms with Gasteiger partial charge < -0.3 is 4.57 Å². The highest BCUT2D eigenvalue weighted by Crippen LogP contribution is 2.25. The van der Waals surface area contributed by atoms with Crippen LogP contribution in [0.5, 0.6) is 0 Å². The van der Waals surface area contributed by atoms with Gasteiger partial charge in [0.2, 0.25) is 0 Å². The van der Waals surface area contributed by atoms with Gasteiger partial charge in [-0.15, -0.1) is 0 Å². The summed E-state index contributed by atoms with van der Waals surface area (Å²) in [6.07, 6.45) is 1.57.